The minimum Gasteiger partial charge on any atom is -0.489 e. The summed E-state index contributed by atoms with van der Waals surface area (Å²) in [6.07, 6.45) is 3.42. The van der Waals surface area contributed by atoms with E-state index in [9.17, 15) is 9.18 Å². The van der Waals surface area contributed by atoms with Crippen LogP contribution in [-0.4, -0.2) is 17.0 Å². The predicted octanol–water partition coefficient (Wildman–Crippen LogP) is 3.16. The maximum Gasteiger partial charge on any atom is 0.227 e. The third-order valence-corrected chi connectivity index (χ3v) is 5.02. The van der Waals surface area contributed by atoms with Gasteiger partial charge in [0.2, 0.25) is 5.91 Å². The van der Waals surface area contributed by atoms with Gasteiger partial charge in [-0.05, 0) is 41.3 Å². The van der Waals surface area contributed by atoms with E-state index < -0.39 is 0 Å². The smallest absolute Gasteiger partial charge is 0.227 e. The summed E-state index contributed by atoms with van der Waals surface area (Å²) in [6, 6.07) is 12.5. The first-order valence-electron chi connectivity index (χ1n) is 8.27. The number of halogens is 1. The molecular weight excluding hydrogens is 319 g/mol. The Hall–Kier alpha value is -2.95. The minimum atomic E-state index is -0.292. The van der Waals surface area contributed by atoms with Crippen molar-refractivity contribution >= 4 is 16.7 Å². The van der Waals surface area contributed by atoms with Gasteiger partial charge in [0.05, 0.1) is 5.92 Å². The van der Waals surface area contributed by atoms with Crippen LogP contribution in [0.25, 0.3) is 10.8 Å². The van der Waals surface area contributed by atoms with Gasteiger partial charge in [-0.1, -0.05) is 12.1 Å². The fourth-order valence-electron chi connectivity index (χ4n) is 3.70. The van der Waals surface area contributed by atoms with Crippen molar-refractivity contribution in [3.8, 4) is 5.75 Å². The largest absolute Gasteiger partial charge is 0.489 e. The van der Waals surface area contributed by atoms with Crippen molar-refractivity contribution < 1.29 is 13.9 Å². The number of aromatic nitrogens is 1. The van der Waals surface area contributed by atoms with Gasteiger partial charge in [0.15, 0.2) is 0 Å². The number of fused-ring (bicyclic) bond motifs is 4. The van der Waals surface area contributed by atoms with E-state index in [-0.39, 0.29) is 29.7 Å². The van der Waals surface area contributed by atoms with E-state index in [1.54, 1.807) is 12.3 Å². The van der Waals surface area contributed by atoms with Gasteiger partial charge >= 0.3 is 0 Å². The van der Waals surface area contributed by atoms with Crippen LogP contribution in [0.3, 0.4) is 0 Å². The van der Waals surface area contributed by atoms with Gasteiger partial charge in [0.25, 0.3) is 0 Å². The molecule has 1 N–H and O–H groups in total. The minimum absolute atomic E-state index is 0.0200. The highest BCUT2D eigenvalue weighted by molar-refractivity contribution is 5.86. The lowest BCUT2D eigenvalue weighted by molar-refractivity contribution is -0.123. The molecule has 1 aliphatic heterocycles. The molecule has 1 amide bonds. The molecule has 4 nitrogen and oxygen atoms in total. The van der Waals surface area contributed by atoms with Crippen LogP contribution in [0.2, 0.25) is 0 Å². The quantitative estimate of drug-likeness (QED) is 0.800. The van der Waals surface area contributed by atoms with Crippen LogP contribution in [0, 0.1) is 11.7 Å². The van der Waals surface area contributed by atoms with Crippen LogP contribution in [0.15, 0.2) is 54.9 Å². The number of carbonyl (C=O) groups is 1. The van der Waals surface area contributed by atoms with Crippen molar-refractivity contribution in [3.05, 3.63) is 71.8 Å². The summed E-state index contributed by atoms with van der Waals surface area (Å²) in [7, 11) is 0. The van der Waals surface area contributed by atoms with Gasteiger partial charge in [-0.3, -0.25) is 9.78 Å². The Balaban J connectivity index is 1.27. The summed E-state index contributed by atoms with van der Waals surface area (Å²) >= 11 is 0. The van der Waals surface area contributed by atoms with Gasteiger partial charge in [0.1, 0.15) is 17.7 Å². The summed E-state index contributed by atoms with van der Waals surface area (Å²) in [5.74, 6) is 0.121. The number of ether oxygens (including phenoxy) is 1. The van der Waals surface area contributed by atoms with Crippen molar-refractivity contribution in [2.24, 2.45) is 5.92 Å². The van der Waals surface area contributed by atoms with Crippen LogP contribution in [0.4, 0.5) is 4.39 Å². The average Bonchev–Trinajstić information content (AvgIpc) is 3.23. The fraction of sp³-hybridized carbons (Fsp3) is 0.200. The Kier molecular flexibility index (Phi) is 3.04. The van der Waals surface area contributed by atoms with Gasteiger partial charge in [-0.15, -0.1) is 0 Å². The van der Waals surface area contributed by atoms with Crippen molar-refractivity contribution in [3.63, 3.8) is 0 Å². The monoisotopic (exact) mass is 334 g/mol. The lowest BCUT2D eigenvalue weighted by Crippen LogP contribution is -2.27. The molecule has 5 heteroatoms. The van der Waals surface area contributed by atoms with Crippen molar-refractivity contribution in [1.29, 1.82) is 0 Å². The number of amides is 1. The number of benzene rings is 2. The van der Waals surface area contributed by atoms with E-state index in [1.165, 1.54) is 12.1 Å². The molecule has 5 rings (SSSR count). The zero-order valence-corrected chi connectivity index (χ0v) is 13.3. The predicted molar refractivity (Wildman–Crippen MR) is 90.6 cm³/mol. The van der Waals surface area contributed by atoms with Crippen molar-refractivity contribution in [2.45, 2.75) is 18.6 Å². The Bertz CT molecular complexity index is 1000. The van der Waals surface area contributed by atoms with Gasteiger partial charge in [0, 0.05) is 35.8 Å². The first-order valence-corrected chi connectivity index (χ1v) is 8.27. The molecule has 0 saturated heterocycles. The molecule has 0 spiro atoms. The van der Waals surface area contributed by atoms with Gasteiger partial charge in [-0.2, -0.15) is 0 Å². The van der Waals surface area contributed by atoms with Crippen LogP contribution < -0.4 is 10.1 Å². The molecule has 2 heterocycles. The third-order valence-electron chi connectivity index (χ3n) is 5.02. The van der Waals surface area contributed by atoms with E-state index in [1.807, 2.05) is 30.5 Å². The zero-order chi connectivity index (χ0) is 17.0. The summed E-state index contributed by atoms with van der Waals surface area (Å²) in [5.41, 5.74) is 1.84. The first kappa shape index (κ1) is 14.4. The summed E-state index contributed by atoms with van der Waals surface area (Å²) in [5, 5.41) is 5.14. The number of carbonyl (C=O) groups excluding carboxylic acids is 1. The zero-order valence-electron chi connectivity index (χ0n) is 13.3. The Labute approximate surface area is 143 Å². The van der Waals surface area contributed by atoms with Crippen LogP contribution in [0.1, 0.15) is 17.0 Å². The number of nitrogens with one attached hydrogen (secondary N) is 1. The highest BCUT2D eigenvalue weighted by Crippen LogP contribution is 2.58. The molecule has 124 valence electrons. The Morgan fingerprint density at radius 1 is 1.16 bits per heavy atom. The second-order valence-corrected chi connectivity index (χ2v) is 6.59. The molecular formula is C20H15FN2O2. The second kappa shape index (κ2) is 5.28. The highest BCUT2D eigenvalue weighted by atomic mass is 19.1. The number of pyridine rings is 1. The SMILES string of the molecule is O=C(NCc1ccc2cnccc2c1)C1C2Oc3ccc(F)cc3C21. The number of hydrogen-bond donors (Lipinski definition) is 1. The average molecular weight is 334 g/mol. The molecule has 3 atom stereocenters. The van der Waals surface area contributed by atoms with Crippen LogP contribution in [-0.2, 0) is 11.3 Å². The molecule has 3 aromatic rings. The van der Waals surface area contributed by atoms with E-state index >= 15 is 0 Å². The molecule has 25 heavy (non-hydrogen) atoms. The van der Waals surface area contributed by atoms with Crippen molar-refractivity contribution in [1.82, 2.24) is 10.3 Å². The summed E-state index contributed by atoms with van der Waals surface area (Å²) < 4.78 is 19.2. The number of hydrogen-bond acceptors (Lipinski definition) is 3. The highest BCUT2D eigenvalue weighted by Gasteiger charge is 2.62. The normalized spacial score (nSPS) is 22.8. The Morgan fingerprint density at radius 2 is 2.08 bits per heavy atom. The standard InChI is InChI=1S/C20H15FN2O2/c21-14-3-4-16-15(8-14)17-18(19(17)25-16)20(24)23-9-11-1-2-13-10-22-6-5-12(13)7-11/h1-8,10,17-19H,9H2,(H,23,24). The van der Waals surface area contributed by atoms with E-state index in [0.717, 1.165) is 21.9 Å². The van der Waals surface area contributed by atoms with Crippen LogP contribution >= 0.6 is 0 Å². The summed E-state index contributed by atoms with van der Waals surface area (Å²) in [6.45, 7) is 0.461. The molecule has 2 aliphatic rings. The molecule has 2 aromatic carbocycles. The molecule has 1 fully saturated rings. The van der Waals surface area contributed by atoms with Gasteiger partial charge in [-0.25, -0.2) is 4.39 Å². The second-order valence-electron chi connectivity index (χ2n) is 6.59. The summed E-state index contributed by atoms with van der Waals surface area (Å²) in [4.78, 5) is 16.6. The molecule has 1 aliphatic carbocycles. The Morgan fingerprint density at radius 3 is 3.00 bits per heavy atom. The molecule has 1 aromatic heterocycles. The fourth-order valence-corrected chi connectivity index (χ4v) is 3.70. The van der Waals surface area contributed by atoms with E-state index in [2.05, 4.69) is 10.3 Å². The number of rotatable bonds is 3. The lowest BCUT2D eigenvalue weighted by Gasteiger charge is -2.10. The van der Waals surface area contributed by atoms with Crippen molar-refractivity contribution in [2.75, 3.05) is 0 Å². The molecule has 0 bridgehead atoms. The third kappa shape index (κ3) is 2.35. The maximum atomic E-state index is 13.4. The molecule has 1 saturated carbocycles. The molecule has 3 unspecified atom stereocenters. The first-order chi connectivity index (χ1) is 12.2. The van der Waals surface area contributed by atoms with Gasteiger partial charge < -0.3 is 10.1 Å². The van der Waals surface area contributed by atoms with E-state index in [0.29, 0.717) is 12.3 Å². The molecule has 0 radical (unpaired) electrons. The lowest BCUT2D eigenvalue weighted by atomic mass is 10.1. The topological polar surface area (TPSA) is 51.2 Å². The maximum absolute atomic E-state index is 13.4. The number of nitrogens with zero attached hydrogens (tertiary/aromatic N) is 1. The van der Waals surface area contributed by atoms with E-state index in [4.69, 9.17) is 4.74 Å². The van der Waals surface area contributed by atoms with Crippen LogP contribution in [0.5, 0.6) is 5.75 Å².